The summed E-state index contributed by atoms with van der Waals surface area (Å²) < 4.78 is 13.9. The van der Waals surface area contributed by atoms with E-state index in [2.05, 4.69) is 4.98 Å². The molecule has 0 fully saturated rings. The largest absolute Gasteiger partial charge is 0.335 e. The molecule has 0 aliphatic heterocycles. The SMILES string of the molecule is C[C@@H](F)c1nc2ccccc2c(=O)n1N. The summed E-state index contributed by atoms with van der Waals surface area (Å²) in [5.74, 6) is 5.39. The molecule has 1 aromatic carbocycles. The average molecular weight is 207 g/mol. The summed E-state index contributed by atoms with van der Waals surface area (Å²) in [6.45, 7) is 1.29. The number of aromatic nitrogens is 2. The fourth-order valence-corrected chi connectivity index (χ4v) is 1.44. The van der Waals surface area contributed by atoms with Crippen LogP contribution in [-0.4, -0.2) is 9.66 Å². The summed E-state index contributed by atoms with van der Waals surface area (Å²) >= 11 is 0. The lowest BCUT2D eigenvalue weighted by Crippen LogP contribution is -2.32. The Balaban J connectivity index is 2.89. The van der Waals surface area contributed by atoms with Gasteiger partial charge in [0.15, 0.2) is 12.0 Å². The van der Waals surface area contributed by atoms with Gasteiger partial charge in [0.2, 0.25) is 0 Å². The Hall–Kier alpha value is -1.91. The maximum absolute atomic E-state index is 13.1. The van der Waals surface area contributed by atoms with E-state index in [0.29, 0.717) is 10.9 Å². The maximum atomic E-state index is 13.1. The number of hydrogen-bond acceptors (Lipinski definition) is 3. The van der Waals surface area contributed by atoms with Crippen molar-refractivity contribution in [1.29, 1.82) is 0 Å². The Morgan fingerprint density at radius 1 is 1.47 bits per heavy atom. The highest BCUT2D eigenvalue weighted by Crippen LogP contribution is 2.14. The number of rotatable bonds is 1. The highest BCUT2D eigenvalue weighted by atomic mass is 19.1. The molecule has 0 saturated carbocycles. The molecule has 1 atom stereocenters. The van der Waals surface area contributed by atoms with Crippen molar-refractivity contribution in [3.05, 3.63) is 40.4 Å². The highest BCUT2D eigenvalue weighted by Gasteiger charge is 2.13. The van der Waals surface area contributed by atoms with E-state index in [1.807, 2.05) is 0 Å². The maximum Gasteiger partial charge on any atom is 0.279 e. The molecular formula is C10H10FN3O. The van der Waals surface area contributed by atoms with Crippen molar-refractivity contribution in [1.82, 2.24) is 9.66 Å². The van der Waals surface area contributed by atoms with Gasteiger partial charge < -0.3 is 5.84 Å². The number of fused-ring (bicyclic) bond motifs is 1. The van der Waals surface area contributed by atoms with Gasteiger partial charge in [-0.05, 0) is 19.1 Å². The van der Waals surface area contributed by atoms with E-state index in [9.17, 15) is 9.18 Å². The van der Waals surface area contributed by atoms with Crippen molar-refractivity contribution in [2.24, 2.45) is 0 Å². The second-order valence-electron chi connectivity index (χ2n) is 3.28. The first-order chi connectivity index (χ1) is 7.11. The van der Waals surface area contributed by atoms with Gasteiger partial charge in [0.05, 0.1) is 10.9 Å². The summed E-state index contributed by atoms with van der Waals surface area (Å²) in [5, 5.41) is 0.393. The summed E-state index contributed by atoms with van der Waals surface area (Å²) in [5.41, 5.74) is 0.0313. The molecule has 2 N–H and O–H groups in total. The van der Waals surface area contributed by atoms with Crippen LogP contribution < -0.4 is 11.4 Å². The molecule has 0 saturated heterocycles. The van der Waals surface area contributed by atoms with Gasteiger partial charge in [-0.15, -0.1) is 0 Å². The van der Waals surface area contributed by atoms with Crippen LogP contribution in [0.5, 0.6) is 0 Å². The first-order valence-electron chi connectivity index (χ1n) is 4.52. The summed E-state index contributed by atoms with van der Waals surface area (Å²) in [7, 11) is 0. The predicted octanol–water partition coefficient (Wildman–Crippen LogP) is 1.14. The Bertz CT molecular complexity index is 562. The lowest BCUT2D eigenvalue weighted by molar-refractivity contribution is 0.348. The number of nitrogen functional groups attached to an aromatic ring is 1. The van der Waals surface area contributed by atoms with E-state index in [4.69, 9.17) is 5.84 Å². The van der Waals surface area contributed by atoms with Crippen LogP contribution in [0.1, 0.15) is 18.9 Å². The van der Waals surface area contributed by atoms with Gasteiger partial charge in [-0.3, -0.25) is 4.79 Å². The number of benzene rings is 1. The minimum atomic E-state index is -1.37. The van der Waals surface area contributed by atoms with E-state index in [0.717, 1.165) is 4.68 Å². The molecule has 2 rings (SSSR count). The molecule has 78 valence electrons. The summed E-state index contributed by atoms with van der Waals surface area (Å²) in [6, 6.07) is 6.72. The summed E-state index contributed by atoms with van der Waals surface area (Å²) in [4.78, 5) is 15.7. The van der Waals surface area contributed by atoms with E-state index in [1.165, 1.54) is 6.92 Å². The molecule has 0 radical (unpaired) electrons. The predicted molar refractivity (Wildman–Crippen MR) is 55.7 cm³/mol. The number of nitrogens with zero attached hydrogens (tertiary/aromatic N) is 2. The Labute approximate surface area is 85.1 Å². The molecular weight excluding hydrogens is 197 g/mol. The van der Waals surface area contributed by atoms with Gasteiger partial charge in [0.25, 0.3) is 5.56 Å². The minimum absolute atomic E-state index is 0.0568. The minimum Gasteiger partial charge on any atom is -0.335 e. The zero-order valence-corrected chi connectivity index (χ0v) is 8.14. The van der Waals surface area contributed by atoms with Gasteiger partial charge in [-0.1, -0.05) is 12.1 Å². The first kappa shape index (κ1) is 9.64. The monoisotopic (exact) mass is 207 g/mol. The van der Waals surface area contributed by atoms with E-state index < -0.39 is 11.7 Å². The topological polar surface area (TPSA) is 60.9 Å². The van der Waals surface area contributed by atoms with E-state index in [1.54, 1.807) is 24.3 Å². The van der Waals surface area contributed by atoms with Gasteiger partial charge in [0, 0.05) is 0 Å². The number of hydrogen-bond donors (Lipinski definition) is 1. The molecule has 4 nitrogen and oxygen atoms in total. The normalized spacial score (nSPS) is 12.9. The second kappa shape index (κ2) is 3.34. The molecule has 0 aliphatic rings. The number of halogens is 1. The van der Waals surface area contributed by atoms with Crippen molar-refractivity contribution in [2.75, 3.05) is 5.84 Å². The quantitative estimate of drug-likeness (QED) is 0.713. The fourth-order valence-electron chi connectivity index (χ4n) is 1.44. The fraction of sp³-hybridized carbons (Fsp3) is 0.200. The van der Waals surface area contributed by atoms with Gasteiger partial charge >= 0.3 is 0 Å². The van der Waals surface area contributed by atoms with E-state index in [-0.39, 0.29) is 5.82 Å². The van der Waals surface area contributed by atoms with Crippen LogP contribution in [0, 0.1) is 0 Å². The van der Waals surface area contributed by atoms with Crippen LogP contribution in [0.3, 0.4) is 0 Å². The molecule has 0 spiro atoms. The van der Waals surface area contributed by atoms with Crippen molar-refractivity contribution in [3.8, 4) is 0 Å². The third kappa shape index (κ3) is 1.45. The Morgan fingerprint density at radius 2 is 2.13 bits per heavy atom. The second-order valence-corrected chi connectivity index (χ2v) is 3.28. The van der Waals surface area contributed by atoms with Crippen molar-refractivity contribution >= 4 is 10.9 Å². The van der Waals surface area contributed by atoms with Crippen molar-refractivity contribution in [2.45, 2.75) is 13.1 Å². The van der Waals surface area contributed by atoms with Crippen LogP contribution >= 0.6 is 0 Å². The highest BCUT2D eigenvalue weighted by molar-refractivity contribution is 5.77. The van der Waals surface area contributed by atoms with Crippen LogP contribution in [0.2, 0.25) is 0 Å². The zero-order valence-electron chi connectivity index (χ0n) is 8.14. The summed E-state index contributed by atoms with van der Waals surface area (Å²) in [6.07, 6.45) is -1.37. The molecule has 0 amide bonds. The Morgan fingerprint density at radius 3 is 2.80 bits per heavy atom. The third-order valence-corrected chi connectivity index (χ3v) is 2.19. The average Bonchev–Trinajstić information content (AvgIpc) is 2.23. The van der Waals surface area contributed by atoms with Gasteiger partial charge in [-0.25, -0.2) is 14.1 Å². The molecule has 1 aromatic heterocycles. The van der Waals surface area contributed by atoms with Crippen LogP contribution in [0.25, 0.3) is 10.9 Å². The molecule has 15 heavy (non-hydrogen) atoms. The van der Waals surface area contributed by atoms with Crippen molar-refractivity contribution < 1.29 is 4.39 Å². The van der Waals surface area contributed by atoms with Crippen LogP contribution in [0.4, 0.5) is 4.39 Å². The molecule has 2 aromatic rings. The molecule has 0 unspecified atom stereocenters. The van der Waals surface area contributed by atoms with Crippen LogP contribution in [0.15, 0.2) is 29.1 Å². The van der Waals surface area contributed by atoms with E-state index >= 15 is 0 Å². The lowest BCUT2D eigenvalue weighted by Gasteiger charge is -2.08. The van der Waals surface area contributed by atoms with Gasteiger partial charge in [-0.2, -0.15) is 0 Å². The van der Waals surface area contributed by atoms with Crippen LogP contribution in [-0.2, 0) is 0 Å². The molecule has 0 aliphatic carbocycles. The standard InChI is InChI=1S/C10H10FN3O/c1-6(11)9-13-8-5-3-2-4-7(8)10(15)14(9)12/h2-6H,12H2,1H3/t6-/m1/s1. The lowest BCUT2D eigenvalue weighted by atomic mass is 10.2. The smallest absolute Gasteiger partial charge is 0.279 e. The Kier molecular flexibility index (Phi) is 2.15. The zero-order chi connectivity index (χ0) is 11.0. The number of alkyl halides is 1. The first-order valence-corrected chi connectivity index (χ1v) is 4.52. The number of nitrogens with two attached hydrogens (primary N) is 1. The van der Waals surface area contributed by atoms with Gasteiger partial charge in [0.1, 0.15) is 0 Å². The molecule has 5 heteroatoms. The molecule has 1 heterocycles. The number of para-hydroxylation sites is 1. The molecule has 0 bridgehead atoms. The van der Waals surface area contributed by atoms with Crippen molar-refractivity contribution in [3.63, 3.8) is 0 Å². The third-order valence-electron chi connectivity index (χ3n) is 2.19.